The Labute approximate surface area is 112 Å². The van der Waals surface area contributed by atoms with E-state index in [2.05, 4.69) is 6.07 Å². The van der Waals surface area contributed by atoms with E-state index in [1.165, 1.54) is 6.07 Å². The zero-order valence-corrected chi connectivity index (χ0v) is 11.1. The van der Waals surface area contributed by atoms with Gasteiger partial charge in [-0.3, -0.25) is 4.90 Å². The van der Waals surface area contributed by atoms with Crippen LogP contribution in [0.3, 0.4) is 0 Å². The van der Waals surface area contributed by atoms with Crippen molar-refractivity contribution in [3.05, 3.63) is 35.4 Å². The van der Waals surface area contributed by atoms with Gasteiger partial charge < -0.3 is 5.11 Å². The van der Waals surface area contributed by atoms with Crippen LogP contribution in [0.4, 0.5) is 8.78 Å². The minimum atomic E-state index is -1.24. The summed E-state index contributed by atoms with van der Waals surface area (Å²) in [5.74, 6) is -1.70. The molecule has 104 valence electrons. The predicted octanol–water partition coefficient (Wildman–Crippen LogP) is 2.48. The van der Waals surface area contributed by atoms with E-state index < -0.39 is 17.7 Å². The number of halogens is 2. The molecule has 2 atom stereocenters. The van der Waals surface area contributed by atoms with Gasteiger partial charge in [-0.15, -0.1) is 0 Å². The largest absolute Gasteiger partial charge is 0.387 e. The van der Waals surface area contributed by atoms with Gasteiger partial charge in [0.25, 0.3) is 0 Å². The summed E-state index contributed by atoms with van der Waals surface area (Å²) in [6, 6.07) is 5.60. The molecule has 0 radical (unpaired) electrons. The maximum absolute atomic E-state index is 13.5. The van der Waals surface area contributed by atoms with Crippen LogP contribution < -0.4 is 0 Å². The number of aliphatic hydroxyl groups is 1. The van der Waals surface area contributed by atoms with Gasteiger partial charge in [0.15, 0.2) is 0 Å². The van der Waals surface area contributed by atoms with Crippen molar-refractivity contribution in [2.24, 2.45) is 5.92 Å². The van der Waals surface area contributed by atoms with Crippen molar-refractivity contribution in [1.29, 1.82) is 5.26 Å². The third-order valence-corrected chi connectivity index (χ3v) is 2.96. The van der Waals surface area contributed by atoms with Crippen molar-refractivity contribution in [2.45, 2.75) is 20.0 Å². The molecule has 0 fully saturated rings. The second kappa shape index (κ2) is 7.17. The molecule has 1 aromatic rings. The Bertz CT molecular complexity index is 439. The summed E-state index contributed by atoms with van der Waals surface area (Å²) in [6.45, 7) is 4.78. The molecule has 0 aromatic heterocycles. The predicted molar refractivity (Wildman–Crippen MR) is 68.2 cm³/mol. The van der Waals surface area contributed by atoms with Crippen molar-refractivity contribution in [3.63, 3.8) is 0 Å². The molecule has 1 aromatic carbocycles. The van der Waals surface area contributed by atoms with Crippen molar-refractivity contribution in [2.75, 3.05) is 19.6 Å². The van der Waals surface area contributed by atoms with Crippen LogP contribution in [0.5, 0.6) is 0 Å². The molecule has 0 aliphatic carbocycles. The molecule has 0 aliphatic rings. The average Bonchev–Trinajstić information content (AvgIpc) is 2.37. The fraction of sp³-hybridized carbons (Fsp3) is 0.500. The van der Waals surface area contributed by atoms with Crippen LogP contribution >= 0.6 is 0 Å². The molecule has 5 heteroatoms. The highest BCUT2D eigenvalue weighted by Crippen LogP contribution is 2.21. The zero-order chi connectivity index (χ0) is 14.4. The lowest BCUT2D eigenvalue weighted by Crippen LogP contribution is -2.32. The van der Waals surface area contributed by atoms with E-state index in [4.69, 9.17) is 5.26 Å². The standard InChI is InChI=1S/C14H18F2N2O/c1-3-18(8-10(2)7-17)9-13(19)14-11(15)5-4-6-12(14)16/h4-6,10,13,19H,3,8-9H2,1-2H3. The van der Waals surface area contributed by atoms with Crippen molar-refractivity contribution in [3.8, 4) is 6.07 Å². The van der Waals surface area contributed by atoms with Crippen molar-refractivity contribution < 1.29 is 13.9 Å². The fourth-order valence-corrected chi connectivity index (χ4v) is 1.93. The summed E-state index contributed by atoms with van der Waals surface area (Å²) >= 11 is 0. The number of nitriles is 1. The van der Waals surface area contributed by atoms with Gasteiger partial charge in [0, 0.05) is 13.1 Å². The second-order valence-corrected chi connectivity index (χ2v) is 4.53. The number of nitrogens with zero attached hydrogens (tertiary/aromatic N) is 2. The first kappa shape index (κ1) is 15.5. The first-order valence-corrected chi connectivity index (χ1v) is 6.23. The van der Waals surface area contributed by atoms with Crippen LogP contribution in [0.25, 0.3) is 0 Å². The van der Waals surface area contributed by atoms with Crippen LogP contribution in [-0.4, -0.2) is 29.6 Å². The van der Waals surface area contributed by atoms with Crippen LogP contribution in [-0.2, 0) is 0 Å². The third-order valence-electron chi connectivity index (χ3n) is 2.96. The molecule has 1 N–H and O–H groups in total. The van der Waals surface area contributed by atoms with Crippen molar-refractivity contribution >= 4 is 0 Å². The maximum Gasteiger partial charge on any atom is 0.131 e. The Kier molecular flexibility index (Phi) is 5.87. The van der Waals surface area contributed by atoms with Crippen LogP contribution in [0.2, 0.25) is 0 Å². The van der Waals surface area contributed by atoms with Gasteiger partial charge in [0.05, 0.1) is 23.7 Å². The Hall–Kier alpha value is -1.51. The summed E-state index contributed by atoms with van der Waals surface area (Å²) < 4.78 is 27.0. The van der Waals surface area contributed by atoms with E-state index >= 15 is 0 Å². The third kappa shape index (κ3) is 4.27. The summed E-state index contributed by atoms with van der Waals surface area (Å²) in [6.07, 6.45) is -1.24. The molecule has 1 rings (SSSR count). The van der Waals surface area contributed by atoms with Gasteiger partial charge in [-0.1, -0.05) is 13.0 Å². The molecule has 3 nitrogen and oxygen atoms in total. The number of benzene rings is 1. The quantitative estimate of drug-likeness (QED) is 0.862. The Morgan fingerprint density at radius 2 is 1.89 bits per heavy atom. The van der Waals surface area contributed by atoms with Gasteiger partial charge in [0.2, 0.25) is 0 Å². The molecule has 0 amide bonds. The van der Waals surface area contributed by atoms with Gasteiger partial charge in [0.1, 0.15) is 11.6 Å². The first-order valence-electron chi connectivity index (χ1n) is 6.23. The molecule has 0 spiro atoms. The summed E-state index contributed by atoms with van der Waals surface area (Å²) in [4.78, 5) is 1.80. The molecule has 0 aliphatic heterocycles. The van der Waals surface area contributed by atoms with E-state index in [1.54, 1.807) is 11.8 Å². The lowest BCUT2D eigenvalue weighted by molar-refractivity contribution is 0.105. The molecule has 0 saturated heterocycles. The number of hydrogen-bond donors (Lipinski definition) is 1. The normalized spacial score (nSPS) is 14.2. The lowest BCUT2D eigenvalue weighted by Gasteiger charge is -2.25. The van der Waals surface area contributed by atoms with Gasteiger partial charge in [-0.05, 0) is 25.6 Å². The molecule has 0 bridgehead atoms. The van der Waals surface area contributed by atoms with E-state index in [0.29, 0.717) is 13.1 Å². The van der Waals surface area contributed by atoms with Crippen LogP contribution in [0, 0.1) is 28.9 Å². The maximum atomic E-state index is 13.5. The first-order chi connectivity index (χ1) is 8.99. The second-order valence-electron chi connectivity index (χ2n) is 4.53. The number of aliphatic hydroxyl groups excluding tert-OH is 1. The summed E-state index contributed by atoms with van der Waals surface area (Å²) in [5, 5.41) is 18.7. The summed E-state index contributed by atoms with van der Waals surface area (Å²) in [7, 11) is 0. The Balaban J connectivity index is 2.78. The Morgan fingerprint density at radius 1 is 1.32 bits per heavy atom. The topological polar surface area (TPSA) is 47.3 Å². The molecule has 19 heavy (non-hydrogen) atoms. The fourth-order valence-electron chi connectivity index (χ4n) is 1.93. The molecular weight excluding hydrogens is 250 g/mol. The number of hydrogen-bond acceptors (Lipinski definition) is 3. The Morgan fingerprint density at radius 3 is 2.37 bits per heavy atom. The lowest BCUT2D eigenvalue weighted by atomic mass is 10.1. The highest BCUT2D eigenvalue weighted by Gasteiger charge is 2.20. The van der Waals surface area contributed by atoms with E-state index in [0.717, 1.165) is 12.1 Å². The van der Waals surface area contributed by atoms with Crippen LogP contribution in [0.1, 0.15) is 25.5 Å². The van der Waals surface area contributed by atoms with E-state index in [-0.39, 0.29) is 18.0 Å². The minimum absolute atomic E-state index is 0.0976. The minimum Gasteiger partial charge on any atom is -0.387 e. The smallest absolute Gasteiger partial charge is 0.131 e. The molecular formula is C14H18F2N2O. The highest BCUT2D eigenvalue weighted by atomic mass is 19.1. The monoisotopic (exact) mass is 268 g/mol. The number of likely N-dealkylation sites (N-methyl/N-ethyl adjacent to an activating group) is 1. The van der Waals surface area contributed by atoms with Gasteiger partial charge in [-0.2, -0.15) is 5.26 Å². The van der Waals surface area contributed by atoms with Gasteiger partial charge >= 0.3 is 0 Å². The molecule has 0 heterocycles. The molecule has 0 saturated carbocycles. The van der Waals surface area contributed by atoms with E-state index in [1.807, 2.05) is 6.92 Å². The highest BCUT2D eigenvalue weighted by molar-refractivity contribution is 5.22. The molecule has 2 unspecified atom stereocenters. The average molecular weight is 268 g/mol. The number of rotatable bonds is 6. The summed E-state index contributed by atoms with van der Waals surface area (Å²) in [5.41, 5.74) is -0.314. The van der Waals surface area contributed by atoms with Gasteiger partial charge in [-0.25, -0.2) is 8.78 Å². The van der Waals surface area contributed by atoms with E-state index in [9.17, 15) is 13.9 Å². The van der Waals surface area contributed by atoms with Crippen LogP contribution in [0.15, 0.2) is 18.2 Å². The SMILES string of the molecule is CCN(CC(C)C#N)CC(O)c1c(F)cccc1F. The van der Waals surface area contributed by atoms with Crippen molar-refractivity contribution in [1.82, 2.24) is 4.90 Å². The zero-order valence-electron chi connectivity index (χ0n) is 11.1.